The molecule has 2 heterocycles. The molecule has 0 saturated carbocycles. The highest BCUT2D eigenvalue weighted by molar-refractivity contribution is 5.47. The van der Waals surface area contributed by atoms with Crippen molar-refractivity contribution < 1.29 is 54.3 Å². The Morgan fingerprint density at radius 3 is 2.42 bits per heavy atom. The lowest BCUT2D eigenvalue weighted by molar-refractivity contribution is -0.305. The first kappa shape index (κ1) is 26.4. The number of hydrogen-bond donors (Lipinski definition) is 6. The van der Waals surface area contributed by atoms with Crippen LogP contribution >= 0.6 is 0 Å². The molecule has 0 spiro atoms. The molecule has 0 aromatic heterocycles. The van der Waals surface area contributed by atoms with Crippen LogP contribution in [0.2, 0.25) is 0 Å². The zero-order chi connectivity index (χ0) is 25.8. The molecular formula is C25H32O11. The molecule has 11 nitrogen and oxygen atoms in total. The second kappa shape index (κ2) is 11.6. The summed E-state index contributed by atoms with van der Waals surface area (Å²) < 4.78 is 28.9. The van der Waals surface area contributed by atoms with E-state index in [9.17, 15) is 25.5 Å². The van der Waals surface area contributed by atoms with E-state index < -0.39 is 49.5 Å². The summed E-state index contributed by atoms with van der Waals surface area (Å²) in [6, 6.07) is 10.2. The molecular weight excluding hydrogens is 476 g/mol. The lowest BCUT2D eigenvalue weighted by atomic mass is 9.99. The number of hydrogen-bond acceptors (Lipinski definition) is 11. The predicted molar refractivity (Wildman–Crippen MR) is 124 cm³/mol. The van der Waals surface area contributed by atoms with E-state index in [1.54, 1.807) is 18.2 Å². The van der Waals surface area contributed by atoms with Crippen LogP contribution in [-0.2, 0) is 15.9 Å². The second-order valence-corrected chi connectivity index (χ2v) is 8.76. The molecule has 1 fully saturated rings. The summed E-state index contributed by atoms with van der Waals surface area (Å²) in [6.07, 6.45) is -7.26. The highest BCUT2D eigenvalue weighted by atomic mass is 16.7. The first-order valence-electron chi connectivity index (χ1n) is 11.7. The molecule has 198 valence electrons. The molecule has 0 amide bonds. The van der Waals surface area contributed by atoms with Crippen LogP contribution in [0.4, 0.5) is 0 Å². The molecule has 0 unspecified atom stereocenters. The summed E-state index contributed by atoms with van der Waals surface area (Å²) in [5, 5.41) is 59.0. The number of rotatable bonds is 9. The van der Waals surface area contributed by atoms with Gasteiger partial charge in [0.2, 0.25) is 0 Å². The van der Waals surface area contributed by atoms with Gasteiger partial charge in [-0.15, -0.1) is 0 Å². The number of aliphatic hydroxyl groups excluding tert-OH is 5. The minimum atomic E-state index is -1.57. The molecule has 2 aromatic rings. The fourth-order valence-corrected chi connectivity index (χ4v) is 4.29. The van der Waals surface area contributed by atoms with Crippen LogP contribution in [0.1, 0.15) is 23.7 Å². The molecule has 7 atom stereocenters. The maximum atomic E-state index is 10.3. The normalized spacial score (nSPS) is 29.7. The van der Waals surface area contributed by atoms with Crippen molar-refractivity contribution in [3.05, 3.63) is 47.5 Å². The second-order valence-electron chi connectivity index (χ2n) is 8.76. The first-order valence-corrected chi connectivity index (χ1v) is 11.7. The first-order chi connectivity index (χ1) is 17.4. The maximum absolute atomic E-state index is 10.3. The van der Waals surface area contributed by atoms with Crippen molar-refractivity contribution in [1.82, 2.24) is 0 Å². The average Bonchev–Trinajstić information content (AvgIpc) is 2.90. The van der Waals surface area contributed by atoms with Crippen LogP contribution in [-0.4, -0.2) is 94.4 Å². The van der Waals surface area contributed by atoms with Gasteiger partial charge in [-0.1, -0.05) is 12.1 Å². The van der Waals surface area contributed by atoms with Crippen molar-refractivity contribution in [3.63, 3.8) is 0 Å². The lowest BCUT2D eigenvalue weighted by Gasteiger charge is -2.41. The Morgan fingerprint density at radius 2 is 1.69 bits per heavy atom. The number of aryl methyl sites for hydroxylation is 1. The predicted octanol–water partition coefficient (Wildman–Crippen LogP) is 0.0233. The zero-order valence-electron chi connectivity index (χ0n) is 19.8. The van der Waals surface area contributed by atoms with E-state index >= 15 is 0 Å². The third kappa shape index (κ3) is 5.52. The quantitative estimate of drug-likeness (QED) is 0.270. The number of benzene rings is 2. The van der Waals surface area contributed by atoms with Crippen molar-refractivity contribution in [3.8, 4) is 23.0 Å². The van der Waals surface area contributed by atoms with Gasteiger partial charge in [-0.05, 0) is 42.7 Å². The fourth-order valence-electron chi connectivity index (χ4n) is 4.29. The van der Waals surface area contributed by atoms with Gasteiger partial charge in [0, 0.05) is 12.2 Å². The largest absolute Gasteiger partial charge is 0.504 e. The molecule has 0 aliphatic carbocycles. The van der Waals surface area contributed by atoms with E-state index in [0.29, 0.717) is 29.9 Å². The van der Waals surface area contributed by atoms with Crippen molar-refractivity contribution in [2.24, 2.45) is 0 Å². The Balaban J connectivity index is 1.58. The van der Waals surface area contributed by atoms with Crippen LogP contribution in [0.3, 0.4) is 0 Å². The molecule has 11 heteroatoms. The van der Waals surface area contributed by atoms with Gasteiger partial charge in [0.25, 0.3) is 0 Å². The molecule has 6 N–H and O–H groups in total. The number of phenols is 1. The van der Waals surface area contributed by atoms with E-state index in [4.69, 9.17) is 28.8 Å². The van der Waals surface area contributed by atoms with E-state index in [2.05, 4.69) is 0 Å². The summed E-state index contributed by atoms with van der Waals surface area (Å²) >= 11 is 0. The summed E-state index contributed by atoms with van der Waals surface area (Å²) in [6.45, 7) is -0.653. The van der Waals surface area contributed by atoms with Gasteiger partial charge < -0.3 is 54.3 Å². The van der Waals surface area contributed by atoms with Gasteiger partial charge in [0.15, 0.2) is 41.5 Å². The van der Waals surface area contributed by atoms with Gasteiger partial charge in [-0.25, -0.2) is 0 Å². The Kier molecular flexibility index (Phi) is 8.52. The van der Waals surface area contributed by atoms with Gasteiger partial charge >= 0.3 is 0 Å². The molecule has 0 bridgehead atoms. The summed E-state index contributed by atoms with van der Waals surface area (Å²) in [5.41, 5.74) is 1.59. The molecule has 2 aliphatic heterocycles. The highest BCUT2D eigenvalue weighted by Crippen LogP contribution is 2.42. The third-order valence-electron chi connectivity index (χ3n) is 6.31. The highest BCUT2D eigenvalue weighted by Gasteiger charge is 2.45. The number of aliphatic hydroxyl groups is 5. The number of phenolic OH excluding ortho intramolecular Hbond substituents is 1. The minimum Gasteiger partial charge on any atom is -0.504 e. The molecule has 0 radical (unpaired) electrons. The van der Waals surface area contributed by atoms with E-state index in [1.165, 1.54) is 13.2 Å². The Hall–Kier alpha value is -2.64. The summed E-state index contributed by atoms with van der Waals surface area (Å²) in [7, 11) is 1.43. The Bertz CT molecular complexity index is 1010. The smallest absolute Gasteiger partial charge is 0.186 e. The van der Waals surface area contributed by atoms with E-state index in [-0.39, 0.29) is 24.7 Å². The topological polar surface area (TPSA) is 168 Å². The summed E-state index contributed by atoms with van der Waals surface area (Å²) in [5.74, 6) is 1.16. The molecule has 1 saturated heterocycles. The van der Waals surface area contributed by atoms with Crippen LogP contribution in [0.25, 0.3) is 0 Å². The number of ether oxygens (including phenoxy) is 5. The SMILES string of the molecule is COc1cc([C@H]2Oc3cc(CCCO)ccc3O[C@@H]2CO[C@@H]2O[C@H](CO)[C@@H](O)[C@H](O)[C@H]2O)ccc1O. The molecule has 36 heavy (non-hydrogen) atoms. The monoisotopic (exact) mass is 508 g/mol. The van der Waals surface area contributed by atoms with Gasteiger partial charge in [-0.3, -0.25) is 0 Å². The van der Waals surface area contributed by atoms with Crippen LogP contribution < -0.4 is 14.2 Å². The van der Waals surface area contributed by atoms with Crippen molar-refractivity contribution >= 4 is 0 Å². The Morgan fingerprint density at radius 1 is 0.889 bits per heavy atom. The van der Waals surface area contributed by atoms with Crippen LogP contribution in [0.15, 0.2) is 36.4 Å². The van der Waals surface area contributed by atoms with Gasteiger partial charge in [-0.2, -0.15) is 0 Å². The van der Waals surface area contributed by atoms with Crippen LogP contribution in [0.5, 0.6) is 23.0 Å². The van der Waals surface area contributed by atoms with Crippen molar-refractivity contribution in [2.75, 3.05) is 26.9 Å². The fraction of sp³-hybridized carbons (Fsp3) is 0.520. The number of fused-ring (bicyclic) bond motifs is 1. The van der Waals surface area contributed by atoms with Gasteiger partial charge in [0.1, 0.15) is 24.4 Å². The Labute approximate surface area is 208 Å². The molecule has 2 aliphatic rings. The van der Waals surface area contributed by atoms with Crippen molar-refractivity contribution in [2.45, 2.75) is 55.8 Å². The standard InChI is InChI=1S/C25H32O11/c1-32-17-10-14(5-6-15(17)28)24-20(12-33-25-23(31)22(30)21(29)19(11-27)36-25)34-16-7-4-13(3-2-8-26)9-18(16)35-24/h4-7,9-10,19-31H,2-3,8,11-12H2,1H3/t19-,20-,21-,22+,23-,24-,25-/m1/s1. The molecule has 2 aromatic carbocycles. The lowest BCUT2D eigenvalue weighted by Crippen LogP contribution is -2.59. The molecule has 4 rings (SSSR count). The average molecular weight is 509 g/mol. The van der Waals surface area contributed by atoms with E-state index in [0.717, 1.165) is 5.56 Å². The maximum Gasteiger partial charge on any atom is 0.186 e. The minimum absolute atomic E-state index is 0.0428. The number of aromatic hydroxyl groups is 1. The summed E-state index contributed by atoms with van der Waals surface area (Å²) in [4.78, 5) is 0. The van der Waals surface area contributed by atoms with Crippen LogP contribution in [0, 0.1) is 0 Å². The third-order valence-corrected chi connectivity index (χ3v) is 6.31. The van der Waals surface area contributed by atoms with E-state index in [1.807, 2.05) is 12.1 Å². The van der Waals surface area contributed by atoms with Gasteiger partial charge in [0.05, 0.1) is 20.3 Å². The van der Waals surface area contributed by atoms with Crippen molar-refractivity contribution in [1.29, 1.82) is 0 Å². The zero-order valence-corrected chi connectivity index (χ0v) is 19.8. The number of methoxy groups -OCH3 is 1.